The SMILES string of the molecule is CC(C)Oc1cc2nc(CCCCCCN3CCC(c4ccc(NC5CCC(=O)NC5=O)cc4)CC3)cn2cc1NC(=O)c1cccc(C(F)(F)F)n1.O=CO. The highest BCUT2D eigenvalue weighted by Crippen LogP contribution is 2.31. The van der Waals surface area contributed by atoms with Crippen molar-refractivity contribution in [3.8, 4) is 5.75 Å². The number of unbranched alkanes of at least 4 members (excludes halogenated alkanes) is 3. The Labute approximate surface area is 323 Å². The van der Waals surface area contributed by atoms with E-state index in [0.717, 1.165) is 88.1 Å². The van der Waals surface area contributed by atoms with Crippen LogP contribution in [-0.2, 0) is 27.0 Å². The molecule has 56 heavy (non-hydrogen) atoms. The van der Waals surface area contributed by atoms with Crippen molar-refractivity contribution in [1.29, 1.82) is 0 Å². The number of carbonyl (C=O) groups excluding carboxylic acids is 3. The summed E-state index contributed by atoms with van der Waals surface area (Å²) in [6.45, 7) is 6.67. The largest absolute Gasteiger partial charge is 0.489 e. The number of piperidine rings is 2. The van der Waals surface area contributed by atoms with E-state index < -0.39 is 17.8 Å². The highest BCUT2D eigenvalue weighted by atomic mass is 19.4. The van der Waals surface area contributed by atoms with Gasteiger partial charge in [0.2, 0.25) is 11.8 Å². The molecule has 1 atom stereocenters. The zero-order valence-electron chi connectivity index (χ0n) is 31.5. The molecule has 0 radical (unpaired) electrons. The lowest BCUT2D eigenvalue weighted by Gasteiger charge is -2.32. The molecule has 300 valence electrons. The zero-order valence-corrected chi connectivity index (χ0v) is 31.5. The van der Waals surface area contributed by atoms with Crippen LogP contribution in [0.1, 0.15) is 98.6 Å². The van der Waals surface area contributed by atoms with Crippen molar-refractivity contribution in [2.45, 2.75) is 95.9 Å². The Morgan fingerprint density at radius 2 is 1.73 bits per heavy atom. The fraction of sp³-hybridized carbons (Fsp3) is 0.450. The normalized spacial score (nSPS) is 16.6. The van der Waals surface area contributed by atoms with Gasteiger partial charge in [-0.3, -0.25) is 24.5 Å². The van der Waals surface area contributed by atoms with E-state index in [1.54, 1.807) is 16.7 Å². The number of alkyl halides is 3. The number of rotatable bonds is 14. The average molecular weight is 780 g/mol. The van der Waals surface area contributed by atoms with Gasteiger partial charge in [-0.15, -0.1) is 0 Å². The van der Waals surface area contributed by atoms with E-state index in [1.165, 1.54) is 11.6 Å². The monoisotopic (exact) mass is 779 g/mol. The quantitative estimate of drug-likeness (QED) is 0.0616. The number of halogens is 3. The van der Waals surface area contributed by atoms with Crippen LogP contribution in [0.15, 0.2) is 60.9 Å². The van der Waals surface area contributed by atoms with Crippen LogP contribution >= 0.6 is 0 Å². The van der Waals surface area contributed by atoms with Crippen LogP contribution in [0.2, 0.25) is 0 Å². The molecule has 13 nitrogen and oxygen atoms in total. The van der Waals surface area contributed by atoms with Gasteiger partial charge in [0.05, 0.1) is 11.8 Å². The summed E-state index contributed by atoms with van der Waals surface area (Å²) in [5.41, 5.74) is 2.58. The van der Waals surface area contributed by atoms with E-state index in [0.29, 0.717) is 35.8 Å². The van der Waals surface area contributed by atoms with Gasteiger partial charge in [-0.1, -0.05) is 31.0 Å². The van der Waals surface area contributed by atoms with E-state index >= 15 is 0 Å². The average Bonchev–Trinajstić information content (AvgIpc) is 3.56. The number of carbonyl (C=O) groups is 4. The molecule has 3 aromatic heterocycles. The summed E-state index contributed by atoms with van der Waals surface area (Å²) in [6, 6.07) is 12.9. The molecule has 6 rings (SSSR count). The minimum Gasteiger partial charge on any atom is -0.489 e. The number of anilines is 2. The number of nitrogens with one attached hydrogen (secondary N) is 3. The first-order chi connectivity index (χ1) is 26.8. The predicted octanol–water partition coefficient (Wildman–Crippen LogP) is 6.69. The third kappa shape index (κ3) is 11.7. The van der Waals surface area contributed by atoms with Crippen molar-refractivity contribution in [3.63, 3.8) is 0 Å². The molecule has 4 N–H and O–H groups in total. The van der Waals surface area contributed by atoms with Crippen molar-refractivity contribution >= 4 is 41.2 Å². The third-order valence-corrected chi connectivity index (χ3v) is 9.69. The molecule has 2 fully saturated rings. The van der Waals surface area contributed by atoms with E-state index in [2.05, 4.69) is 38.0 Å². The topological polar surface area (TPSA) is 167 Å². The van der Waals surface area contributed by atoms with E-state index in [1.807, 2.05) is 32.2 Å². The Bertz CT molecular complexity index is 1960. The molecule has 4 aromatic rings. The molecule has 3 amide bonds. The summed E-state index contributed by atoms with van der Waals surface area (Å²) < 4.78 is 47.2. The Balaban J connectivity index is 0.00000194. The lowest BCUT2D eigenvalue weighted by molar-refractivity contribution is -0.141. The van der Waals surface area contributed by atoms with Crippen LogP contribution in [0, 0.1) is 0 Å². The number of amides is 3. The number of carboxylic acid groups (broad SMARTS) is 1. The first kappa shape index (κ1) is 41.6. The smallest absolute Gasteiger partial charge is 0.433 e. The molecule has 0 bridgehead atoms. The van der Waals surface area contributed by atoms with Gasteiger partial charge in [-0.2, -0.15) is 13.2 Å². The number of likely N-dealkylation sites (tertiary alicyclic amines) is 1. The van der Waals surface area contributed by atoms with Crippen LogP contribution in [0.5, 0.6) is 5.75 Å². The number of benzene rings is 1. The summed E-state index contributed by atoms with van der Waals surface area (Å²) in [4.78, 5) is 55.5. The van der Waals surface area contributed by atoms with Crippen LogP contribution in [0.4, 0.5) is 24.5 Å². The number of fused-ring (bicyclic) bond motifs is 1. The zero-order chi connectivity index (χ0) is 40.2. The molecule has 0 spiro atoms. The van der Waals surface area contributed by atoms with Crippen LogP contribution in [0.3, 0.4) is 0 Å². The number of pyridine rings is 2. The second kappa shape index (κ2) is 19.4. The molecule has 16 heteroatoms. The molecule has 0 aliphatic carbocycles. The van der Waals surface area contributed by atoms with Crippen LogP contribution < -0.4 is 20.7 Å². The van der Waals surface area contributed by atoms with Gasteiger partial charge in [0, 0.05) is 30.6 Å². The third-order valence-electron chi connectivity index (χ3n) is 9.69. The van der Waals surface area contributed by atoms with Gasteiger partial charge in [0.25, 0.3) is 12.4 Å². The van der Waals surface area contributed by atoms with Crippen molar-refractivity contribution in [2.24, 2.45) is 0 Å². The Hall–Kier alpha value is -5.51. The van der Waals surface area contributed by atoms with Crippen LogP contribution in [0.25, 0.3) is 5.65 Å². The number of imidazole rings is 1. The van der Waals surface area contributed by atoms with Crippen molar-refractivity contribution < 1.29 is 42.2 Å². The summed E-state index contributed by atoms with van der Waals surface area (Å²) in [6.07, 6.45) is 6.91. The fourth-order valence-corrected chi connectivity index (χ4v) is 6.91. The minimum absolute atomic E-state index is 0.212. The van der Waals surface area contributed by atoms with Crippen LogP contribution in [-0.4, -0.2) is 80.3 Å². The maximum atomic E-state index is 13.2. The van der Waals surface area contributed by atoms with E-state index in [9.17, 15) is 27.6 Å². The maximum absolute atomic E-state index is 13.2. The highest BCUT2D eigenvalue weighted by molar-refractivity contribution is 6.04. The molecular weight excluding hydrogens is 731 g/mol. The highest BCUT2D eigenvalue weighted by Gasteiger charge is 2.33. The predicted molar refractivity (Wildman–Crippen MR) is 204 cm³/mol. The number of hydrogen-bond acceptors (Lipinski definition) is 9. The minimum atomic E-state index is -4.66. The number of hydrogen-bond donors (Lipinski definition) is 4. The Morgan fingerprint density at radius 3 is 2.41 bits per heavy atom. The summed E-state index contributed by atoms with van der Waals surface area (Å²) in [7, 11) is 0. The first-order valence-electron chi connectivity index (χ1n) is 18.9. The van der Waals surface area contributed by atoms with Gasteiger partial charge >= 0.3 is 6.18 Å². The molecule has 2 aliphatic rings. The number of aromatic nitrogens is 3. The number of aryl methyl sites for hydroxylation is 1. The molecule has 1 aromatic carbocycles. The summed E-state index contributed by atoms with van der Waals surface area (Å²) in [5.74, 6) is -0.367. The van der Waals surface area contributed by atoms with Crippen molar-refractivity contribution in [3.05, 3.63) is 83.6 Å². The molecule has 1 unspecified atom stereocenters. The standard InChI is InChI=1S/C39H46F3N7O4.CH2O2/c1-25(2)53-33-22-35-44-29(23-49(35)24-32(33)46-37(51)30-9-7-10-34(45-30)39(40,41)42)8-5-3-4-6-19-48-20-17-27(18-21-48)26-11-13-28(14-12-26)43-31-15-16-36(50)47-38(31)52;2-1-3/h7,9-14,22-25,27,31,43H,3-6,8,15-21H2,1-2H3,(H,46,51)(H,47,50,52);1H,(H,2,3). The maximum Gasteiger partial charge on any atom is 0.433 e. The molecule has 0 saturated carbocycles. The lowest BCUT2D eigenvalue weighted by Crippen LogP contribution is -2.47. The second-order valence-corrected chi connectivity index (χ2v) is 14.2. The van der Waals surface area contributed by atoms with Gasteiger partial charge in [-0.05, 0) is 108 Å². The van der Waals surface area contributed by atoms with Gasteiger partial charge < -0.3 is 29.8 Å². The van der Waals surface area contributed by atoms with E-state index in [-0.39, 0.29) is 36.1 Å². The first-order valence-corrected chi connectivity index (χ1v) is 18.9. The molecule has 2 aliphatic heterocycles. The Kier molecular flexibility index (Phi) is 14.4. The molecule has 2 saturated heterocycles. The van der Waals surface area contributed by atoms with Gasteiger partial charge in [-0.25, -0.2) is 9.97 Å². The Morgan fingerprint density at radius 1 is 1.02 bits per heavy atom. The fourth-order valence-electron chi connectivity index (χ4n) is 6.91. The van der Waals surface area contributed by atoms with E-state index in [4.69, 9.17) is 19.6 Å². The molecule has 5 heterocycles. The summed E-state index contributed by atoms with van der Waals surface area (Å²) in [5, 5.41) is 15.2. The second-order valence-electron chi connectivity index (χ2n) is 14.2. The lowest BCUT2D eigenvalue weighted by atomic mass is 9.89. The van der Waals surface area contributed by atoms with Gasteiger partial charge in [0.1, 0.15) is 34.5 Å². The number of nitrogens with zero attached hydrogens (tertiary/aromatic N) is 4. The summed E-state index contributed by atoms with van der Waals surface area (Å²) >= 11 is 0. The number of ether oxygens (including phenoxy) is 1. The van der Waals surface area contributed by atoms with Gasteiger partial charge in [0.15, 0.2) is 0 Å². The molecular formula is C40H48F3N7O6. The van der Waals surface area contributed by atoms with Crippen molar-refractivity contribution in [1.82, 2.24) is 24.6 Å². The van der Waals surface area contributed by atoms with Crippen molar-refractivity contribution in [2.75, 3.05) is 30.3 Å². The number of imide groups is 1.